The lowest BCUT2D eigenvalue weighted by Gasteiger charge is -2.09. The van der Waals surface area contributed by atoms with Crippen molar-refractivity contribution in [3.05, 3.63) is 29.8 Å². The first-order valence-corrected chi connectivity index (χ1v) is 7.45. The van der Waals surface area contributed by atoms with Gasteiger partial charge in [0.2, 0.25) is 5.91 Å². The molecule has 23 heavy (non-hydrogen) atoms. The summed E-state index contributed by atoms with van der Waals surface area (Å²) in [6.07, 6.45) is -4.50. The molecule has 0 bridgehead atoms. The largest absolute Gasteiger partial charge is 0.416 e. The third-order valence-electron chi connectivity index (χ3n) is 2.80. The molecule has 9 heteroatoms. The van der Waals surface area contributed by atoms with E-state index in [1.807, 2.05) is 0 Å². The highest BCUT2D eigenvalue weighted by atomic mass is 32.2. The number of halogens is 3. The molecule has 2 aromatic rings. The van der Waals surface area contributed by atoms with Crippen LogP contribution in [-0.2, 0) is 11.0 Å². The van der Waals surface area contributed by atoms with Crippen molar-refractivity contribution >= 4 is 23.5 Å². The zero-order valence-electron chi connectivity index (χ0n) is 12.2. The lowest BCUT2D eigenvalue weighted by molar-refractivity contribution is -0.137. The Morgan fingerprint density at radius 2 is 1.91 bits per heavy atom. The standard InChI is InChI=1S/C14H12F3N3O2S/c1-8(21)7-23-13-19-18-12(20(13)9(2)22)10-4-3-5-11(6-10)14(15,16)17/h3-6H,7H2,1-2H3. The first kappa shape index (κ1) is 17.2. The number of hydrogen-bond acceptors (Lipinski definition) is 5. The molecular weight excluding hydrogens is 331 g/mol. The summed E-state index contributed by atoms with van der Waals surface area (Å²) >= 11 is 1.01. The Bertz CT molecular complexity index is 756. The van der Waals surface area contributed by atoms with Gasteiger partial charge < -0.3 is 0 Å². The molecule has 0 spiro atoms. The SMILES string of the molecule is CC(=O)CSc1nnc(-c2cccc(C(F)(F)F)c2)n1C(C)=O. The molecule has 0 unspecified atom stereocenters. The fourth-order valence-corrected chi connectivity index (χ4v) is 2.61. The molecule has 0 amide bonds. The summed E-state index contributed by atoms with van der Waals surface area (Å²) in [6, 6.07) is 4.49. The van der Waals surface area contributed by atoms with Crippen LogP contribution >= 0.6 is 11.8 Å². The lowest BCUT2D eigenvalue weighted by atomic mass is 10.1. The van der Waals surface area contributed by atoms with Gasteiger partial charge in [0.1, 0.15) is 5.78 Å². The number of rotatable bonds is 4. The van der Waals surface area contributed by atoms with Gasteiger partial charge in [-0.2, -0.15) is 13.2 Å². The van der Waals surface area contributed by atoms with Gasteiger partial charge in [0.05, 0.1) is 11.3 Å². The van der Waals surface area contributed by atoms with Crippen LogP contribution < -0.4 is 0 Å². The maximum atomic E-state index is 12.8. The molecule has 122 valence electrons. The van der Waals surface area contributed by atoms with Gasteiger partial charge in [-0.05, 0) is 19.1 Å². The normalized spacial score (nSPS) is 11.5. The first-order chi connectivity index (χ1) is 10.7. The molecule has 1 heterocycles. The summed E-state index contributed by atoms with van der Waals surface area (Å²) in [4.78, 5) is 22.9. The number of thioether (sulfide) groups is 1. The summed E-state index contributed by atoms with van der Waals surface area (Å²) in [6.45, 7) is 2.63. The Labute approximate surface area is 133 Å². The molecule has 0 aliphatic carbocycles. The Balaban J connectivity index is 2.48. The predicted octanol–water partition coefficient (Wildman–Crippen LogP) is 3.31. The summed E-state index contributed by atoms with van der Waals surface area (Å²) < 4.78 is 39.5. The van der Waals surface area contributed by atoms with Crippen LogP contribution in [0.25, 0.3) is 11.4 Å². The Morgan fingerprint density at radius 1 is 1.22 bits per heavy atom. The van der Waals surface area contributed by atoms with Crippen LogP contribution in [-0.4, -0.2) is 32.2 Å². The maximum absolute atomic E-state index is 12.8. The van der Waals surface area contributed by atoms with E-state index in [4.69, 9.17) is 0 Å². The number of carbonyl (C=O) groups is 2. The van der Waals surface area contributed by atoms with Gasteiger partial charge in [0.15, 0.2) is 11.0 Å². The maximum Gasteiger partial charge on any atom is 0.416 e. The molecule has 0 radical (unpaired) electrons. The Morgan fingerprint density at radius 3 is 2.48 bits per heavy atom. The van der Waals surface area contributed by atoms with Gasteiger partial charge in [-0.1, -0.05) is 23.9 Å². The van der Waals surface area contributed by atoms with E-state index in [0.717, 1.165) is 28.5 Å². The molecule has 0 saturated heterocycles. The fraction of sp³-hybridized carbons (Fsp3) is 0.286. The van der Waals surface area contributed by atoms with E-state index in [-0.39, 0.29) is 28.1 Å². The van der Waals surface area contributed by atoms with E-state index in [9.17, 15) is 22.8 Å². The number of Topliss-reactive ketones (excluding diaryl/α,β-unsaturated/α-hetero) is 1. The number of benzene rings is 1. The van der Waals surface area contributed by atoms with Gasteiger partial charge >= 0.3 is 6.18 Å². The average molecular weight is 343 g/mol. The van der Waals surface area contributed by atoms with E-state index >= 15 is 0 Å². The quantitative estimate of drug-likeness (QED) is 0.797. The first-order valence-electron chi connectivity index (χ1n) is 6.46. The summed E-state index contributed by atoms with van der Waals surface area (Å²) in [7, 11) is 0. The van der Waals surface area contributed by atoms with E-state index < -0.39 is 17.6 Å². The van der Waals surface area contributed by atoms with Crippen molar-refractivity contribution in [1.82, 2.24) is 14.8 Å². The Kier molecular flexibility index (Phi) is 4.88. The van der Waals surface area contributed by atoms with E-state index in [2.05, 4.69) is 10.2 Å². The number of ketones is 1. The molecule has 2 rings (SSSR count). The van der Waals surface area contributed by atoms with E-state index in [1.54, 1.807) is 0 Å². The number of alkyl halides is 3. The van der Waals surface area contributed by atoms with Crippen molar-refractivity contribution in [1.29, 1.82) is 0 Å². The van der Waals surface area contributed by atoms with Gasteiger partial charge in [-0.3, -0.25) is 9.59 Å². The fourth-order valence-electron chi connectivity index (χ4n) is 1.84. The minimum absolute atomic E-state index is 0.00894. The minimum Gasteiger partial charge on any atom is -0.299 e. The van der Waals surface area contributed by atoms with Crippen LogP contribution in [0.15, 0.2) is 29.4 Å². The van der Waals surface area contributed by atoms with Gasteiger partial charge in [0, 0.05) is 12.5 Å². The predicted molar refractivity (Wildman–Crippen MR) is 78.2 cm³/mol. The molecule has 0 saturated carbocycles. The summed E-state index contributed by atoms with van der Waals surface area (Å²) in [5.41, 5.74) is -0.719. The number of hydrogen-bond donors (Lipinski definition) is 0. The van der Waals surface area contributed by atoms with Crippen molar-refractivity contribution in [2.45, 2.75) is 25.2 Å². The molecule has 1 aromatic carbocycles. The van der Waals surface area contributed by atoms with Crippen molar-refractivity contribution in [3.63, 3.8) is 0 Å². The van der Waals surface area contributed by atoms with E-state index in [0.29, 0.717) is 0 Å². The van der Waals surface area contributed by atoms with Crippen LogP contribution in [0.2, 0.25) is 0 Å². The van der Waals surface area contributed by atoms with Crippen LogP contribution in [0, 0.1) is 0 Å². The Hall–Kier alpha value is -2.16. The highest BCUT2D eigenvalue weighted by Gasteiger charge is 2.31. The molecule has 0 aliphatic rings. The molecule has 0 aliphatic heterocycles. The van der Waals surface area contributed by atoms with Gasteiger partial charge in [-0.15, -0.1) is 10.2 Å². The third kappa shape index (κ3) is 3.98. The highest BCUT2D eigenvalue weighted by Crippen LogP contribution is 2.32. The second-order valence-electron chi connectivity index (χ2n) is 4.73. The molecule has 0 N–H and O–H groups in total. The lowest BCUT2D eigenvalue weighted by Crippen LogP contribution is -2.11. The van der Waals surface area contributed by atoms with Gasteiger partial charge in [0.25, 0.3) is 0 Å². The molecule has 0 atom stereocenters. The molecule has 5 nitrogen and oxygen atoms in total. The molecule has 0 fully saturated rings. The number of carbonyl (C=O) groups excluding carboxylic acids is 2. The van der Waals surface area contributed by atoms with Crippen molar-refractivity contribution in [2.24, 2.45) is 0 Å². The monoisotopic (exact) mass is 343 g/mol. The zero-order valence-corrected chi connectivity index (χ0v) is 13.0. The number of nitrogens with zero attached hydrogens (tertiary/aromatic N) is 3. The second-order valence-corrected chi connectivity index (χ2v) is 5.67. The molecule has 1 aromatic heterocycles. The number of aromatic nitrogens is 3. The van der Waals surface area contributed by atoms with Crippen LogP contribution in [0.3, 0.4) is 0 Å². The second kappa shape index (κ2) is 6.53. The van der Waals surface area contributed by atoms with E-state index in [1.165, 1.54) is 26.0 Å². The summed E-state index contributed by atoms with van der Waals surface area (Å²) in [5, 5.41) is 7.77. The van der Waals surface area contributed by atoms with Gasteiger partial charge in [-0.25, -0.2) is 4.57 Å². The highest BCUT2D eigenvalue weighted by molar-refractivity contribution is 7.99. The topological polar surface area (TPSA) is 64.8 Å². The summed E-state index contributed by atoms with van der Waals surface area (Å²) in [5.74, 6) is -0.467. The van der Waals surface area contributed by atoms with Crippen molar-refractivity contribution in [2.75, 3.05) is 5.75 Å². The van der Waals surface area contributed by atoms with Crippen LogP contribution in [0.4, 0.5) is 13.2 Å². The van der Waals surface area contributed by atoms with Crippen LogP contribution in [0.1, 0.15) is 24.2 Å². The molecular formula is C14H12F3N3O2S. The third-order valence-corrected chi connectivity index (χ3v) is 3.87. The van der Waals surface area contributed by atoms with Crippen molar-refractivity contribution < 1.29 is 22.8 Å². The van der Waals surface area contributed by atoms with Crippen molar-refractivity contribution in [3.8, 4) is 11.4 Å². The average Bonchev–Trinajstić information content (AvgIpc) is 2.88. The minimum atomic E-state index is -4.50. The smallest absolute Gasteiger partial charge is 0.299 e. The van der Waals surface area contributed by atoms with Crippen LogP contribution in [0.5, 0.6) is 0 Å². The zero-order chi connectivity index (χ0) is 17.2.